The van der Waals surface area contributed by atoms with E-state index in [1.54, 1.807) is 24.3 Å². The van der Waals surface area contributed by atoms with Crippen molar-refractivity contribution < 1.29 is 14.1 Å². The second-order valence-corrected chi connectivity index (χ2v) is 6.92. The number of halogens is 1. The fourth-order valence-corrected chi connectivity index (χ4v) is 3.50. The van der Waals surface area contributed by atoms with Gasteiger partial charge in [-0.2, -0.15) is 15.1 Å². The second kappa shape index (κ2) is 8.02. The number of carbonyl (C=O) groups excluding carboxylic acids is 1. The Morgan fingerprint density at radius 2 is 2.14 bits per heavy atom. The van der Waals surface area contributed by atoms with Crippen LogP contribution in [0.4, 0.5) is 5.69 Å². The van der Waals surface area contributed by atoms with Crippen LogP contribution in [0.25, 0.3) is 17.4 Å². The monoisotopic (exact) mass is 431 g/mol. The van der Waals surface area contributed by atoms with Gasteiger partial charge < -0.3 is 4.42 Å². The summed E-state index contributed by atoms with van der Waals surface area (Å²) in [4.78, 5) is 26.8. The molecule has 0 saturated carbocycles. The molecule has 1 N–H and O–H groups in total. The molecule has 3 heterocycles. The quantitative estimate of drug-likeness (QED) is 0.437. The molecule has 2 aliphatic heterocycles. The molecule has 29 heavy (non-hydrogen) atoms. The average molecular weight is 432 g/mol. The number of benzene rings is 1. The van der Waals surface area contributed by atoms with Crippen molar-refractivity contribution in [3.8, 4) is 11.3 Å². The van der Waals surface area contributed by atoms with Crippen molar-refractivity contribution in [3.05, 3.63) is 57.8 Å². The number of carbonyl (C=O) groups is 1. The summed E-state index contributed by atoms with van der Waals surface area (Å²) in [5.74, 6) is 0.140. The predicted octanol–water partition coefficient (Wildman–Crippen LogP) is 4.31. The van der Waals surface area contributed by atoms with Crippen LogP contribution in [0.2, 0.25) is 0 Å². The molecule has 1 aromatic heterocycles. The van der Waals surface area contributed by atoms with E-state index in [2.05, 4.69) is 10.1 Å². The highest BCUT2D eigenvalue weighted by Gasteiger charge is 2.35. The lowest BCUT2D eigenvalue weighted by Crippen LogP contribution is -2.35. The Bertz CT molecular complexity index is 1120. The van der Waals surface area contributed by atoms with E-state index in [1.165, 1.54) is 35.0 Å². The maximum absolute atomic E-state index is 12.3. The molecule has 0 bridgehead atoms. The van der Waals surface area contributed by atoms with Crippen molar-refractivity contribution in [2.45, 2.75) is 13.3 Å². The van der Waals surface area contributed by atoms with Gasteiger partial charge in [-0.05, 0) is 36.4 Å². The number of amides is 1. The molecule has 4 rings (SSSR count). The van der Waals surface area contributed by atoms with Gasteiger partial charge in [-0.15, -0.1) is 12.4 Å². The number of furan rings is 1. The van der Waals surface area contributed by atoms with Crippen LogP contribution in [0.1, 0.15) is 19.1 Å². The maximum atomic E-state index is 12.3. The molecule has 0 fully saturated rings. The zero-order valence-corrected chi connectivity index (χ0v) is 16.6. The summed E-state index contributed by atoms with van der Waals surface area (Å²) in [6.07, 6.45) is 2.11. The number of aliphatic imine (C=N–C) groups is 1. The van der Waals surface area contributed by atoms with E-state index < -0.39 is 10.8 Å². The molecule has 1 aromatic carbocycles. The summed E-state index contributed by atoms with van der Waals surface area (Å²) in [6.45, 7) is 1.94. The van der Waals surface area contributed by atoms with Crippen molar-refractivity contribution in [2.24, 2.45) is 10.1 Å². The molecule has 0 atom stereocenters. The van der Waals surface area contributed by atoms with E-state index in [0.717, 1.165) is 5.04 Å². The van der Waals surface area contributed by atoms with Gasteiger partial charge in [-0.1, -0.05) is 19.1 Å². The summed E-state index contributed by atoms with van der Waals surface area (Å²) in [5, 5.41) is 26.0. The highest BCUT2D eigenvalue weighted by molar-refractivity contribution is 8.26. The van der Waals surface area contributed by atoms with Crippen molar-refractivity contribution in [3.63, 3.8) is 0 Å². The lowest BCUT2D eigenvalue weighted by Gasteiger charge is -2.19. The Morgan fingerprint density at radius 3 is 2.86 bits per heavy atom. The van der Waals surface area contributed by atoms with Gasteiger partial charge in [0.15, 0.2) is 5.84 Å². The van der Waals surface area contributed by atoms with Crippen LogP contribution in [0, 0.1) is 15.5 Å². The fourth-order valence-electron chi connectivity index (χ4n) is 2.68. The molecular weight excluding hydrogens is 418 g/mol. The largest absolute Gasteiger partial charge is 0.457 e. The van der Waals surface area contributed by atoms with Crippen LogP contribution in [-0.4, -0.2) is 31.9 Å². The first-order valence-corrected chi connectivity index (χ1v) is 9.11. The zero-order valence-electron chi connectivity index (χ0n) is 15.0. The summed E-state index contributed by atoms with van der Waals surface area (Å²) < 4.78 is 5.70. The molecule has 0 radical (unpaired) electrons. The zero-order chi connectivity index (χ0) is 19.8. The SMILES string of the molecule is CCC1=NN2C(=N)/C(=C\c3ccc(-c4cccc([N+](=O)[O-])c4)o3)C(=O)N=C2S1.Cl. The summed E-state index contributed by atoms with van der Waals surface area (Å²) in [5.41, 5.74) is 0.554. The number of rotatable bonds is 4. The third-order valence-corrected chi connectivity index (χ3v) is 5.11. The first kappa shape index (κ1) is 20.5. The van der Waals surface area contributed by atoms with E-state index in [-0.39, 0.29) is 29.5 Å². The van der Waals surface area contributed by atoms with Crippen LogP contribution >= 0.6 is 24.2 Å². The topological polar surface area (TPSA) is 125 Å². The lowest BCUT2D eigenvalue weighted by atomic mass is 10.1. The molecule has 2 aliphatic rings. The molecular formula is C18H14ClN5O4S. The Kier molecular flexibility index (Phi) is 5.66. The average Bonchev–Trinajstić information content (AvgIpc) is 3.32. The summed E-state index contributed by atoms with van der Waals surface area (Å²) >= 11 is 1.27. The minimum atomic E-state index is -0.537. The number of non-ortho nitro benzene ring substituents is 1. The molecule has 0 aliphatic carbocycles. The number of fused-ring (bicyclic) bond motifs is 1. The van der Waals surface area contributed by atoms with Crippen molar-refractivity contribution in [1.82, 2.24) is 5.01 Å². The van der Waals surface area contributed by atoms with Gasteiger partial charge in [0.2, 0.25) is 5.17 Å². The number of hydrogen-bond acceptors (Lipinski definition) is 7. The van der Waals surface area contributed by atoms with Crippen LogP contribution in [0.15, 0.2) is 56.5 Å². The van der Waals surface area contributed by atoms with E-state index in [4.69, 9.17) is 9.83 Å². The number of nitrogens with zero attached hydrogens (tertiary/aromatic N) is 4. The van der Waals surface area contributed by atoms with Gasteiger partial charge >= 0.3 is 0 Å². The number of hydrazone groups is 1. The third kappa shape index (κ3) is 3.84. The summed E-state index contributed by atoms with van der Waals surface area (Å²) in [7, 11) is 0. The third-order valence-electron chi connectivity index (χ3n) is 4.05. The number of nitro groups is 1. The number of amidine groups is 2. The predicted molar refractivity (Wildman–Crippen MR) is 113 cm³/mol. The van der Waals surface area contributed by atoms with Crippen LogP contribution in [0.5, 0.6) is 0 Å². The van der Waals surface area contributed by atoms with Crippen LogP contribution in [0.3, 0.4) is 0 Å². The lowest BCUT2D eigenvalue weighted by molar-refractivity contribution is -0.384. The van der Waals surface area contributed by atoms with Gasteiger partial charge in [-0.25, -0.2) is 0 Å². The van der Waals surface area contributed by atoms with E-state index in [0.29, 0.717) is 28.7 Å². The maximum Gasteiger partial charge on any atom is 0.283 e. The number of hydrogen-bond donors (Lipinski definition) is 1. The number of nitro benzene ring substituents is 1. The molecule has 0 saturated heterocycles. The van der Waals surface area contributed by atoms with Crippen molar-refractivity contribution in [1.29, 1.82) is 5.41 Å². The highest BCUT2D eigenvalue weighted by atomic mass is 35.5. The van der Waals surface area contributed by atoms with E-state index in [9.17, 15) is 14.9 Å². The van der Waals surface area contributed by atoms with Gasteiger partial charge in [0.05, 0.1) is 10.5 Å². The minimum Gasteiger partial charge on any atom is -0.457 e. The standard InChI is InChI=1S/C18H13N5O4S.ClH/c1-2-15-21-22-16(19)13(17(24)20-18(22)28-15)9-12-6-7-14(27-12)10-4-3-5-11(8-10)23(25)26;/h3-9,19H,2H2,1H3;1H/b13-9+,19-16?;. The van der Waals surface area contributed by atoms with Gasteiger partial charge in [0.1, 0.15) is 16.6 Å². The minimum absolute atomic E-state index is 0. The van der Waals surface area contributed by atoms with Crippen molar-refractivity contribution >= 4 is 57.9 Å². The van der Waals surface area contributed by atoms with Crippen LogP contribution < -0.4 is 0 Å². The normalized spacial score (nSPS) is 17.0. The summed E-state index contributed by atoms with van der Waals surface area (Å²) in [6, 6.07) is 9.33. The van der Waals surface area contributed by atoms with Gasteiger partial charge in [0, 0.05) is 17.7 Å². The Hall–Kier alpha value is -3.24. The Balaban J connectivity index is 0.00000240. The van der Waals surface area contributed by atoms with E-state index in [1.807, 2.05) is 6.92 Å². The Labute approximate surface area is 175 Å². The number of nitrogens with one attached hydrogen (secondary N) is 1. The highest BCUT2D eigenvalue weighted by Crippen LogP contribution is 2.30. The smallest absolute Gasteiger partial charge is 0.283 e. The molecule has 0 spiro atoms. The molecule has 1 amide bonds. The molecule has 11 heteroatoms. The molecule has 0 unspecified atom stereocenters. The van der Waals surface area contributed by atoms with Gasteiger partial charge in [-0.3, -0.25) is 20.3 Å². The molecule has 148 valence electrons. The van der Waals surface area contributed by atoms with Crippen molar-refractivity contribution in [2.75, 3.05) is 0 Å². The van der Waals surface area contributed by atoms with E-state index >= 15 is 0 Å². The van der Waals surface area contributed by atoms with Gasteiger partial charge in [0.25, 0.3) is 11.6 Å². The first-order valence-electron chi connectivity index (χ1n) is 8.30. The van der Waals surface area contributed by atoms with Crippen LogP contribution in [-0.2, 0) is 4.79 Å². The fraction of sp³-hybridized carbons (Fsp3) is 0.111. The molecule has 9 nitrogen and oxygen atoms in total. The Morgan fingerprint density at radius 1 is 1.34 bits per heavy atom. The first-order chi connectivity index (χ1) is 13.5. The second-order valence-electron chi connectivity index (χ2n) is 5.88. The number of thioether (sulfide) groups is 1. The molecule has 2 aromatic rings.